The molecule has 80 valence electrons. The van der Waals surface area contributed by atoms with Crippen LogP contribution >= 0.6 is 0 Å². The normalized spacial score (nSPS) is 12.1. The van der Waals surface area contributed by atoms with Gasteiger partial charge in [-0.1, -0.05) is 0 Å². The standard InChI is InChI=1S/C9H10AsNO4/c10-7(5-9(12)13)6-3-1-2-4-8(6)11(14)15/h1-4,7H,5,10H2,(H,12,13). The SMILES string of the molecule is O=C(O)CC([AsH2])c1ccccc1[N+](=O)[O-]. The Balaban J connectivity index is 3.02. The Morgan fingerprint density at radius 2 is 2.13 bits per heavy atom. The van der Waals surface area contributed by atoms with Crippen molar-refractivity contribution >= 4 is 28.5 Å². The number of hydrogen-bond donors (Lipinski definition) is 1. The maximum absolute atomic E-state index is 10.7. The molecule has 1 N–H and O–H groups in total. The fraction of sp³-hybridized carbons (Fsp3) is 0.222. The van der Waals surface area contributed by atoms with Gasteiger partial charge in [-0.2, -0.15) is 0 Å². The van der Waals surface area contributed by atoms with Gasteiger partial charge >= 0.3 is 94.4 Å². The molecule has 6 heteroatoms. The van der Waals surface area contributed by atoms with Crippen LogP contribution in [0.1, 0.15) is 16.7 Å². The molecule has 1 aromatic rings. The molecule has 1 aromatic carbocycles. The zero-order valence-corrected chi connectivity index (χ0v) is 10.2. The van der Waals surface area contributed by atoms with Gasteiger partial charge in [0.15, 0.2) is 0 Å². The van der Waals surface area contributed by atoms with Crippen molar-refractivity contribution in [2.24, 2.45) is 0 Å². The molecule has 0 amide bonds. The van der Waals surface area contributed by atoms with E-state index in [2.05, 4.69) is 0 Å². The van der Waals surface area contributed by atoms with E-state index < -0.39 is 10.9 Å². The van der Waals surface area contributed by atoms with Crippen LogP contribution in [-0.2, 0) is 4.79 Å². The summed E-state index contributed by atoms with van der Waals surface area (Å²) in [6, 6.07) is 6.25. The first-order chi connectivity index (χ1) is 7.02. The van der Waals surface area contributed by atoms with Crippen LogP contribution in [0.2, 0.25) is 0 Å². The van der Waals surface area contributed by atoms with E-state index in [1.54, 1.807) is 18.2 Å². The molecule has 0 radical (unpaired) electrons. The first-order valence-electron chi connectivity index (χ1n) is 4.23. The molecule has 2 atom stereocenters. The second-order valence-electron chi connectivity index (χ2n) is 3.02. The van der Waals surface area contributed by atoms with E-state index in [0.717, 1.165) is 0 Å². The number of aliphatic carboxylic acids is 1. The molecule has 5 nitrogen and oxygen atoms in total. The number of carboxylic acids is 1. The van der Waals surface area contributed by atoms with E-state index in [1.807, 2.05) is 0 Å². The summed E-state index contributed by atoms with van der Waals surface area (Å²) in [7, 11) is 0. The van der Waals surface area contributed by atoms with Crippen LogP contribution in [0.3, 0.4) is 0 Å². The molecule has 2 unspecified atom stereocenters. The Morgan fingerprint density at radius 1 is 1.53 bits per heavy atom. The fourth-order valence-corrected chi connectivity index (χ4v) is 2.28. The monoisotopic (exact) mass is 271 g/mol. The van der Waals surface area contributed by atoms with Crippen molar-refractivity contribution in [3.8, 4) is 0 Å². The van der Waals surface area contributed by atoms with Crippen LogP contribution < -0.4 is 0 Å². The van der Waals surface area contributed by atoms with Crippen molar-refractivity contribution in [2.45, 2.75) is 11.1 Å². The second-order valence-corrected chi connectivity index (χ2v) is 4.71. The number of hydrogen-bond acceptors (Lipinski definition) is 3. The summed E-state index contributed by atoms with van der Waals surface area (Å²) in [5, 5.41) is 19.3. The molecule has 0 aliphatic heterocycles. The maximum atomic E-state index is 10.7. The van der Waals surface area contributed by atoms with Gasteiger partial charge in [0.05, 0.1) is 0 Å². The zero-order chi connectivity index (χ0) is 11.4. The van der Waals surface area contributed by atoms with Gasteiger partial charge in [0.2, 0.25) is 0 Å². The van der Waals surface area contributed by atoms with E-state index in [1.165, 1.54) is 22.9 Å². The Labute approximate surface area is 94.8 Å². The third-order valence-electron chi connectivity index (χ3n) is 1.93. The molecule has 1 rings (SSSR count). The molecule has 0 spiro atoms. The van der Waals surface area contributed by atoms with Gasteiger partial charge in [0, 0.05) is 0 Å². The van der Waals surface area contributed by atoms with Crippen molar-refractivity contribution in [3.05, 3.63) is 39.9 Å². The average Bonchev–Trinajstić information content (AvgIpc) is 2.16. The van der Waals surface area contributed by atoms with Crippen molar-refractivity contribution in [2.75, 3.05) is 0 Å². The van der Waals surface area contributed by atoms with Gasteiger partial charge in [0.1, 0.15) is 0 Å². The molecular formula is C9H10AsNO4. The predicted molar refractivity (Wildman–Crippen MR) is 56.6 cm³/mol. The Bertz CT molecular complexity index is 393. The van der Waals surface area contributed by atoms with Gasteiger partial charge in [-0.3, -0.25) is 0 Å². The van der Waals surface area contributed by atoms with Crippen LogP contribution in [0.5, 0.6) is 0 Å². The van der Waals surface area contributed by atoms with Crippen molar-refractivity contribution in [3.63, 3.8) is 0 Å². The molecule has 0 heterocycles. The Morgan fingerprint density at radius 3 is 2.67 bits per heavy atom. The Kier molecular flexibility index (Phi) is 3.86. The zero-order valence-electron chi connectivity index (χ0n) is 7.79. The summed E-state index contributed by atoms with van der Waals surface area (Å²) in [5.74, 6) is -0.942. The summed E-state index contributed by atoms with van der Waals surface area (Å²) < 4.78 is -0.295. The summed E-state index contributed by atoms with van der Waals surface area (Å²) in [4.78, 5) is 20.7. The first-order valence-corrected chi connectivity index (χ1v) is 5.63. The number of carbonyl (C=O) groups is 1. The third-order valence-corrected chi connectivity index (χ3v) is 3.18. The fourth-order valence-electron chi connectivity index (χ4n) is 1.27. The van der Waals surface area contributed by atoms with Crippen LogP contribution in [0.25, 0.3) is 0 Å². The van der Waals surface area contributed by atoms with E-state index in [0.29, 0.717) is 5.56 Å². The first kappa shape index (κ1) is 11.7. The van der Waals surface area contributed by atoms with E-state index in [4.69, 9.17) is 5.11 Å². The summed E-state index contributed by atoms with van der Waals surface area (Å²) in [6.07, 6.45) is -0.0785. The van der Waals surface area contributed by atoms with E-state index >= 15 is 0 Å². The molecule has 0 saturated heterocycles. The number of carboxylic acid groups (broad SMARTS) is 1. The summed E-state index contributed by atoms with van der Waals surface area (Å²) in [5.41, 5.74) is 0.484. The minimum absolute atomic E-state index is 0.00637. The van der Waals surface area contributed by atoms with Crippen molar-refractivity contribution in [1.29, 1.82) is 0 Å². The molecule has 0 aliphatic carbocycles. The summed E-state index contributed by atoms with van der Waals surface area (Å²) in [6.45, 7) is 0. The average molecular weight is 271 g/mol. The van der Waals surface area contributed by atoms with Crippen molar-refractivity contribution < 1.29 is 14.8 Å². The second kappa shape index (κ2) is 4.94. The van der Waals surface area contributed by atoms with Crippen molar-refractivity contribution in [1.82, 2.24) is 0 Å². The number of nitrogens with zero attached hydrogens (tertiary/aromatic N) is 1. The molecule has 0 aromatic heterocycles. The van der Waals surface area contributed by atoms with Crippen LogP contribution in [0.15, 0.2) is 24.3 Å². The quantitative estimate of drug-likeness (QED) is 0.497. The predicted octanol–water partition coefficient (Wildman–Crippen LogP) is 0.744. The molecule has 0 bridgehead atoms. The van der Waals surface area contributed by atoms with Gasteiger partial charge in [-0.25, -0.2) is 0 Å². The minimum atomic E-state index is -0.942. The van der Waals surface area contributed by atoms with Crippen LogP contribution in [0, 0.1) is 10.1 Å². The number of para-hydroxylation sites is 1. The number of rotatable bonds is 4. The van der Waals surface area contributed by atoms with E-state index in [-0.39, 0.29) is 16.8 Å². The van der Waals surface area contributed by atoms with Gasteiger partial charge in [-0.05, 0) is 0 Å². The van der Waals surface area contributed by atoms with Crippen LogP contribution in [-0.4, -0.2) is 32.9 Å². The van der Waals surface area contributed by atoms with Gasteiger partial charge < -0.3 is 0 Å². The van der Waals surface area contributed by atoms with Gasteiger partial charge in [-0.15, -0.1) is 0 Å². The van der Waals surface area contributed by atoms with E-state index in [9.17, 15) is 14.9 Å². The molecule has 15 heavy (non-hydrogen) atoms. The number of benzene rings is 1. The topological polar surface area (TPSA) is 80.4 Å². The van der Waals surface area contributed by atoms with Gasteiger partial charge in [0.25, 0.3) is 0 Å². The number of nitro groups is 1. The summed E-state index contributed by atoms with van der Waals surface area (Å²) >= 11 is 1.18. The number of nitro benzene ring substituents is 1. The molecule has 0 aliphatic rings. The third kappa shape index (κ3) is 3.06. The Hall–Kier alpha value is -1.35. The molecule has 0 saturated carbocycles. The molecular weight excluding hydrogens is 261 g/mol. The van der Waals surface area contributed by atoms with Crippen LogP contribution in [0.4, 0.5) is 5.69 Å². The molecule has 0 fully saturated rings.